The number of nitrogens with zero attached hydrogens (tertiary/aromatic N) is 4. The van der Waals surface area contributed by atoms with E-state index < -0.39 is 6.61 Å². The van der Waals surface area contributed by atoms with E-state index in [4.69, 9.17) is 0 Å². The summed E-state index contributed by atoms with van der Waals surface area (Å²) in [6.45, 7) is 6.29. The number of benzene rings is 1. The van der Waals surface area contributed by atoms with E-state index in [1.807, 2.05) is 52.0 Å². The van der Waals surface area contributed by atoms with Crippen molar-refractivity contribution in [3.63, 3.8) is 0 Å². The van der Waals surface area contributed by atoms with Crippen molar-refractivity contribution >= 4 is 5.96 Å². The van der Waals surface area contributed by atoms with E-state index in [9.17, 15) is 8.78 Å². The van der Waals surface area contributed by atoms with E-state index in [1.165, 1.54) is 0 Å². The van der Waals surface area contributed by atoms with E-state index in [-0.39, 0.29) is 5.75 Å². The quantitative estimate of drug-likeness (QED) is 0.407. The van der Waals surface area contributed by atoms with Gasteiger partial charge in [-0.25, -0.2) is 14.7 Å². The third-order valence-electron chi connectivity index (χ3n) is 4.68. The maximum Gasteiger partial charge on any atom is 0.387 e. The largest absolute Gasteiger partial charge is 0.434 e. The summed E-state index contributed by atoms with van der Waals surface area (Å²) in [6, 6.07) is 11.0. The zero-order valence-electron chi connectivity index (χ0n) is 18.7. The zero-order valence-corrected chi connectivity index (χ0v) is 18.7. The molecule has 2 aromatic heterocycles. The lowest BCUT2D eigenvalue weighted by atomic mass is 10.1. The van der Waals surface area contributed by atoms with Crippen molar-refractivity contribution in [2.24, 2.45) is 4.99 Å². The first kappa shape index (κ1) is 23.2. The highest BCUT2D eigenvalue weighted by molar-refractivity contribution is 5.79. The smallest absolute Gasteiger partial charge is 0.387 e. The van der Waals surface area contributed by atoms with Gasteiger partial charge in [0, 0.05) is 30.5 Å². The number of guanidine groups is 1. The molecular weight excluding hydrogens is 414 g/mol. The fourth-order valence-corrected chi connectivity index (χ4v) is 3.24. The molecule has 32 heavy (non-hydrogen) atoms. The molecular formula is C23H28F2N6O. The van der Waals surface area contributed by atoms with Crippen LogP contribution >= 0.6 is 0 Å². The Morgan fingerprint density at radius 2 is 1.94 bits per heavy atom. The molecule has 0 saturated heterocycles. The molecule has 0 amide bonds. The minimum absolute atomic E-state index is 0.151. The number of hydrogen-bond acceptors (Lipinski definition) is 4. The van der Waals surface area contributed by atoms with Crippen molar-refractivity contribution in [1.82, 2.24) is 25.4 Å². The highest BCUT2D eigenvalue weighted by atomic mass is 19.3. The van der Waals surface area contributed by atoms with Gasteiger partial charge in [0.05, 0.1) is 12.2 Å². The van der Waals surface area contributed by atoms with Crippen LogP contribution in [0.4, 0.5) is 8.78 Å². The average molecular weight is 443 g/mol. The highest BCUT2D eigenvalue weighted by Gasteiger charge is 2.11. The monoisotopic (exact) mass is 442 g/mol. The maximum atomic E-state index is 12.7. The van der Waals surface area contributed by atoms with Gasteiger partial charge in [-0.05, 0) is 51.5 Å². The predicted octanol–water partition coefficient (Wildman–Crippen LogP) is 4.05. The molecule has 7 nitrogen and oxygen atoms in total. The third-order valence-corrected chi connectivity index (χ3v) is 4.68. The van der Waals surface area contributed by atoms with Gasteiger partial charge < -0.3 is 15.4 Å². The molecule has 2 N–H and O–H groups in total. The number of ether oxygens (including phenoxy) is 1. The lowest BCUT2D eigenvalue weighted by molar-refractivity contribution is -0.0504. The molecule has 0 aliphatic heterocycles. The molecule has 3 aromatic rings. The molecule has 0 radical (unpaired) electrons. The second kappa shape index (κ2) is 10.7. The number of aromatic nitrogens is 3. The fourth-order valence-electron chi connectivity index (χ4n) is 3.24. The fraction of sp³-hybridized carbons (Fsp3) is 0.348. The van der Waals surface area contributed by atoms with E-state index in [1.54, 1.807) is 23.0 Å². The van der Waals surface area contributed by atoms with Gasteiger partial charge in [-0.15, -0.1) is 0 Å². The summed E-state index contributed by atoms with van der Waals surface area (Å²) >= 11 is 0. The van der Waals surface area contributed by atoms with E-state index in [0.29, 0.717) is 31.2 Å². The van der Waals surface area contributed by atoms with Gasteiger partial charge >= 0.3 is 6.61 Å². The molecule has 0 spiro atoms. The van der Waals surface area contributed by atoms with Gasteiger partial charge in [0.1, 0.15) is 5.75 Å². The van der Waals surface area contributed by atoms with Crippen LogP contribution in [0.25, 0.3) is 5.82 Å². The number of pyridine rings is 1. The first-order valence-electron chi connectivity index (χ1n) is 10.4. The van der Waals surface area contributed by atoms with Gasteiger partial charge in [0.15, 0.2) is 11.8 Å². The number of aliphatic imine (C=N–C) groups is 1. The van der Waals surface area contributed by atoms with Gasteiger partial charge in [0.25, 0.3) is 0 Å². The van der Waals surface area contributed by atoms with Crippen LogP contribution in [-0.4, -0.2) is 33.9 Å². The zero-order chi connectivity index (χ0) is 23.1. The first-order chi connectivity index (χ1) is 15.4. The topological polar surface area (TPSA) is 76.4 Å². The molecule has 0 saturated carbocycles. The first-order valence-corrected chi connectivity index (χ1v) is 10.4. The molecule has 2 heterocycles. The van der Waals surface area contributed by atoms with Crippen LogP contribution in [0.3, 0.4) is 0 Å². The number of halogens is 2. The van der Waals surface area contributed by atoms with Crippen LogP contribution in [0.2, 0.25) is 0 Å². The Bertz CT molecular complexity index is 1060. The lowest BCUT2D eigenvalue weighted by Crippen LogP contribution is -2.36. The van der Waals surface area contributed by atoms with E-state index in [2.05, 4.69) is 30.4 Å². The molecule has 0 aliphatic rings. The van der Waals surface area contributed by atoms with Crippen LogP contribution in [0, 0.1) is 20.8 Å². The van der Waals surface area contributed by atoms with Crippen molar-refractivity contribution in [2.75, 3.05) is 6.54 Å². The van der Waals surface area contributed by atoms with Crippen LogP contribution in [-0.2, 0) is 13.1 Å². The Hall–Kier alpha value is -3.49. The molecule has 1 aromatic carbocycles. The lowest BCUT2D eigenvalue weighted by Gasteiger charge is -2.15. The van der Waals surface area contributed by atoms with E-state index >= 15 is 0 Å². The SMILES string of the molecule is CCNC(=NCc1ccc(-n2nc(C)cc2C)nc1)NCc1cc(C)ccc1OC(F)F. The second-order valence-electron chi connectivity index (χ2n) is 7.40. The van der Waals surface area contributed by atoms with Gasteiger partial charge in [0.2, 0.25) is 0 Å². The summed E-state index contributed by atoms with van der Waals surface area (Å²) < 4.78 is 31.8. The Morgan fingerprint density at radius 3 is 2.56 bits per heavy atom. The number of nitrogens with one attached hydrogen (secondary N) is 2. The number of rotatable bonds is 8. The summed E-state index contributed by atoms with van der Waals surface area (Å²) in [5.41, 5.74) is 4.48. The molecule has 0 bridgehead atoms. The Labute approximate surface area is 186 Å². The van der Waals surface area contributed by atoms with E-state index in [0.717, 1.165) is 28.3 Å². The molecule has 3 rings (SSSR count). The molecule has 9 heteroatoms. The molecule has 0 atom stereocenters. The van der Waals surface area contributed by atoms with Crippen LogP contribution in [0.5, 0.6) is 5.75 Å². The van der Waals surface area contributed by atoms with Crippen molar-refractivity contribution in [3.8, 4) is 11.6 Å². The van der Waals surface area contributed by atoms with Gasteiger partial charge in [-0.2, -0.15) is 13.9 Å². The van der Waals surface area contributed by atoms with Crippen LogP contribution in [0.1, 0.15) is 35.0 Å². The highest BCUT2D eigenvalue weighted by Crippen LogP contribution is 2.22. The summed E-state index contributed by atoms with van der Waals surface area (Å²) in [4.78, 5) is 9.07. The summed E-state index contributed by atoms with van der Waals surface area (Å²) in [7, 11) is 0. The summed E-state index contributed by atoms with van der Waals surface area (Å²) in [5, 5.41) is 10.8. The van der Waals surface area contributed by atoms with Crippen molar-refractivity contribution in [1.29, 1.82) is 0 Å². The molecule has 170 valence electrons. The molecule has 0 aliphatic carbocycles. The second-order valence-corrected chi connectivity index (χ2v) is 7.40. The predicted molar refractivity (Wildman–Crippen MR) is 120 cm³/mol. The number of hydrogen-bond donors (Lipinski definition) is 2. The minimum Gasteiger partial charge on any atom is -0.434 e. The Morgan fingerprint density at radius 1 is 1.12 bits per heavy atom. The Kier molecular flexibility index (Phi) is 7.75. The number of aryl methyl sites for hydroxylation is 3. The van der Waals surface area contributed by atoms with Gasteiger partial charge in [-0.3, -0.25) is 0 Å². The molecule has 0 fully saturated rings. The summed E-state index contributed by atoms with van der Waals surface area (Å²) in [5.74, 6) is 1.47. The van der Waals surface area contributed by atoms with Crippen molar-refractivity contribution in [2.45, 2.75) is 47.4 Å². The molecule has 0 unspecified atom stereocenters. The number of alkyl halides is 2. The minimum atomic E-state index is -2.87. The van der Waals surface area contributed by atoms with Crippen molar-refractivity contribution in [3.05, 3.63) is 70.7 Å². The van der Waals surface area contributed by atoms with Crippen molar-refractivity contribution < 1.29 is 13.5 Å². The summed E-state index contributed by atoms with van der Waals surface area (Å²) in [6.07, 6.45) is 1.77. The van der Waals surface area contributed by atoms with Crippen LogP contribution in [0.15, 0.2) is 47.6 Å². The maximum absolute atomic E-state index is 12.7. The average Bonchev–Trinajstić information content (AvgIpc) is 3.09. The third kappa shape index (κ3) is 6.26. The normalized spacial score (nSPS) is 11.7. The van der Waals surface area contributed by atoms with Crippen LogP contribution < -0.4 is 15.4 Å². The standard InChI is InChI=1S/C23H28F2N6O/c1-5-26-23(29-14-19-10-15(2)6-8-20(19)32-22(24)25)28-13-18-7-9-21(27-12-18)31-17(4)11-16(3)30-31/h6-12,22H,5,13-14H2,1-4H3,(H2,26,28,29). The van der Waals surface area contributed by atoms with Gasteiger partial charge in [-0.1, -0.05) is 23.8 Å². The Balaban J connectivity index is 1.68.